The summed E-state index contributed by atoms with van der Waals surface area (Å²) < 4.78 is 19.6. The molecule has 4 heterocycles. The Kier molecular flexibility index (Phi) is 3.24. The van der Waals surface area contributed by atoms with E-state index in [0.717, 1.165) is 33.0 Å². The molecule has 0 N–H and O–H groups in total. The van der Waals surface area contributed by atoms with Crippen LogP contribution >= 0.6 is 11.3 Å². The number of para-hydroxylation sites is 3. The summed E-state index contributed by atoms with van der Waals surface area (Å²) in [5.74, 6) is 2.73. The van der Waals surface area contributed by atoms with Crippen LogP contribution < -0.4 is 9.47 Å². The molecule has 0 radical (unpaired) electrons. The SMILES string of the molecule is Cc1c(-c2nnc3sc([C@H]4COc5ccccc5O4)nn23)oc2ccccc12. The van der Waals surface area contributed by atoms with Crippen LogP contribution in [-0.2, 0) is 0 Å². The summed E-state index contributed by atoms with van der Waals surface area (Å²) in [7, 11) is 0. The number of furan rings is 1. The van der Waals surface area contributed by atoms with Gasteiger partial charge in [-0.25, -0.2) is 0 Å². The van der Waals surface area contributed by atoms with Gasteiger partial charge in [-0.05, 0) is 25.1 Å². The highest BCUT2D eigenvalue weighted by atomic mass is 32.1. The van der Waals surface area contributed by atoms with Gasteiger partial charge in [0.25, 0.3) is 0 Å². The van der Waals surface area contributed by atoms with E-state index in [0.29, 0.717) is 23.2 Å². The van der Waals surface area contributed by atoms with Crippen molar-refractivity contribution in [1.29, 1.82) is 0 Å². The van der Waals surface area contributed by atoms with Crippen LogP contribution in [-0.4, -0.2) is 26.4 Å². The zero-order valence-electron chi connectivity index (χ0n) is 14.8. The zero-order valence-corrected chi connectivity index (χ0v) is 15.6. The van der Waals surface area contributed by atoms with Gasteiger partial charge in [0.1, 0.15) is 12.2 Å². The van der Waals surface area contributed by atoms with Crippen molar-refractivity contribution in [1.82, 2.24) is 19.8 Å². The van der Waals surface area contributed by atoms with Crippen molar-refractivity contribution in [3.05, 3.63) is 59.1 Å². The van der Waals surface area contributed by atoms with Gasteiger partial charge in [0, 0.05) is 10.9 Å². The fourth-order valence-electron chi connectivity index (χ4n) is 3.43. The molecule has 0 amide bonds. The molecule has 0 saturated carbocycles. The fraction of sp³-hybridized carbons (Fsp3) is 0.150. The molecule has 138 valence electrons. The molecule has 7 nitrogen and oxygen atoms in total. The molecule has 0 saturated heterocycles. The molecule has 0 unspecified atom stereocenters. The van der Waals surface area contributed by atoms with Crippen molar-refractivity contribution >= 4 is 27.3 Å². The second kappa shape index (κ2) is 5.80. The summed E-state index contributed by atoms with van der Waals surface area (Å²) in [6.45, 7) is 2.42. The standard InChI is InChI=1S/C20H14N4O3S/c1-11-12-6-2-3-7-13(12)27-17(11)18-21-22-20-24(18)23-19(28-20)16-10-25-14-8-4-5-9-15(14)26-16/h2-9,16H,10H2,1H3/t16-/m1/s1. The third kappa shape index (κ3) is 2.24. The highest BCUT2D eigenvalue weighted by Crippen LogP contribution is 2.38. The summed E-state index contributed by atoms with van der Waals surface area (Å²) in [5.41, 5.74) is 1.84. The second-order valence-electron chi connectivity index (χ2n) is 6.57. The maximum Gasteiger partial charge on any atom is 0.235 e. The Balaban J connectivity index is 1.42. The van der Waals surface area contributed by atoms with E-state index in [4.69, 9.17) is 19.0 Å². The van der Waals surface area contributed by atoms with Crippen LogP contribution in [0.4, 0.5) is 0 Å². The normalized spacial score (nSPS) is 16.1. The van der Waals surface area contributed by atoms with Gasteiger partial charge in [0.2, 0.25) is 10.8 Å². The van der Waals surface area contributed by atoms with Crippen molar-refractivity contribution in [2.45, 2.75) is 13.0 Å². The summed E-state index contributed by atoms with van der Waals surface area (Å²) in [5, 5.41) is 15.1. The number of ether oxygens (including phenoxy) is 2. The summed E-state index contributed by atoms with van der Waals surface area (Å²) >= 11 is 1.44. The largest absolute Gasteiger partial charge is 0.485 e. The predicted octanol–water partition coefficient (Wildman–Crippen LogP) is 4.42. The van der Waals surface area contributed by atoms with Gasteiger partial charge in [-0.3, -0.25) is 0 Å². The second-order valence-corrected chi connectivity index (χ2v) is 7.56. The number of hydrogen-bond donors (Lipinski definition) is 0. The molecule has 1 aliphatic heterocycles. The Hall–Kier alpha value is -3.39. The quantitative estimate of drug-likeness (QED) is 0.444. The van der Waals surface area contributed by atoms with E-state index in [1.165, 1.54) is 11.3 Å². The zero-order chi connectivity index (χ0) is 18.7. The molecule has 0 aliphatic carbocycles. The molecular weight excluding hydrogens is 376 g/mol. The highest BCUT2D eigenvalue weighted by Gasteiger charge is 2.28. The molecule has 6 rings (SSSR count). The maximum absolute atomic E-state index is 6.07. The van der Waals surface area contributed by atoms with E-state index in [1.807, 2.05) is 55.5 Å². The van der Waals surface area contributed by atoms with Crippen LogP contribution in [0, 0.1) is 6.92 Å². The van der Waals surface area contributed by atoms with E-state index in [2.05, 4.69) is 10.2 Å². The first-order valence-electron chi connectivity index (χ1n) is 8.87. The number of nitrogens with zero attached hydrogens (tertiary/aromatic N) is 4. The van der Waals surface area contributed by atoms with E-state index >= 15 is 0 Å². The number of aryl methyl sites for hydroxylation is 1. The van der Waals surface area contributed by atoms with E-state index in [-0.39, 0.29) is 6.10 Å². The molecule has 5 aromatic rings. The molecule has 2 aromatic carbocycles. The van der Waals surface area contributed by atoms with Gasteiger partial charge in [-0.15, -0.1) is 10.2 Å². The number of rotatable bonds is 2. The van der Waals surface area contributed by atoms with Crippen molar-refractivity contribution < 1.29 is 13.9 Å². The van der Waals surface area contributed by atoms with Gasteiger partial charge < -0.3 is 13.9 Å². The van der Waals surface area contributed by atoms with Gasteiger partial charge in [-0.2, -0.15) is 9.61 Å². The fourth-order valence-corrected chi connectivity index (χ4v) is 4.28. The Labute approximate surface area is 163 Å². The lowest BCUT2D eigenvalue weighted by molar-refractivity contribution is 0.0904. The van der Waals surface area contributed by atoms with E-state index in [9.17, 15) is 0 Å². The molecule has 0 spiro atoms. The van der Waals surface area contributed by atoms with Crippen LogP contribution in [0.2, 0.25) is 0 Å². The Morgan fingerprint density at radius 2 is 1.86 bits per heavy atom. The molecule has 8 heteroatoms. The molecule has 3 aromatic heterocycles. The Morgan fingerprint density at radius 1 is 1.04 bits per heavy atom. The molecule has 1 aliphatic rings. The van der Waals surface area contributed by atoms with Crippen molar-refractivity contribution in [2.75, 3.05) is 6.61 Å². The summed E-state index contributed by atoms with van der Waals surface area (Å²) in [4.78, 5) is 0.687. The molecule has 28 heavy (non-hydrogen) atoms. The van der Waals surface area contributed by atoms with Crippen molar-refractivity contribution in [3.63, 3.8) is 0 Å². The summed E-state index contributed by atoms with van der Waals surface area (Å²) in [6.07, 6.45) is -0.286. The minimum absolute atomic E-state index is 0.286. The predicted molar refractivity (Wildman–Crippen MR) is 104 cm³/mol. The van der Waals surface area contributed by atoms with Gasteiger partial charge in [0.05, 0.1) is 0 Å². The van der Waals surface area contributed by atoms with Crippen LogP contribution in [0.15, 0.2) is 52.9 Å². The van der Waals surface area contributed by atoms with Gasteiger partial charge in [0.15, 0.2) is 28.4 Å². The topological polar surface area (TPSA) is 74.7 Å². The number of benzene rings is 2. The monoisotopic (exact) mass is 390 g/mol. The van der Waals surface area contributed by atoms with Crippen molar-refractivity contribution in [2.24, 2.45) is 0 Å². The smallest absolute Gasteiger partial charge is 0.235 e. The lowest BCUT2D eigenvalue weighted by Crippen LogP contribution is -2.21. The van der Waals surface area contributed by atoms with E-state index in [1.54, 1.807) is 4.52 Å². The average Bonchev–Trinajstić information content (AvgIpc) is 3.41. The number of fused-ring (bicyclic) bond motifs is 3. The lowest BCUT2D eigenvalue weighted by atomic mass is 10.1. The highest BCUT2D eigenvalue weighted by molar-refractivity contribution is 7.16. The minimum Gasteiger partial charge on any atom is -0.485 e. The number of hydrogen-bond acceptors (Lipinski definition) is 7. The first kappa shape index (κ1) is 15.6. The average molecular weight is 390 g/mol. The van der Waals surface area contributed by atoms with Crippen LogP contribution in [0.1, 0.15) is 16.7 Å². The molecule has 0 fully saturated rings. The molecular formula is C20H14N4O3S. The number of aromatic nitrogens is 4. The minimum atomic E-state index is -0.286. The molecule has 1 atom stereocenters. The Morgan fingerprint density at radius 3 is 2.75 bits per heavy atom. The summed E-state index contributed by atoms with van der Waals surface area (Å²) in [6, 6.07) is 15.6. The van der Waals surface area contributed by atoms with Crippen LogP contribution in [0.5, 0.6) is 11.5 Å². The third-order valence-electron chi connectivity index (χ3n) is 4.84. The lowest BCUT2D eigenvalue weighted by Gasteiger charge is -2.24. The van der Waals surface area contributed by atoms with Crippen LogP contribution in [0.25, 0.3) is 27.5 Å². The third-order valence-corrected chi connectivity index (χ3v) is 5.83. The first-order chi connectivity index (χ1) is 13.8. The van der Waals surface area contributed by atoms with E-state index < -0.39 is 0 Å². The Bertz CT molecular complexity index is 1340. The van der Waals surface area contributed by atoms with Gasteiger partial charge in [-0.1, -0.05) is 41.7 Å². The molecule has 0 bridgehead atoms. The van der Waals surface area contributed by atoms with Crippen LogP contribution in [0.3, 0.4) is 0 Å². The maximum atomic E-state index is 6.07. The van der Waals surface area contributed by atoms with Gasteiger partial charge >= 0.3 is 0 Å². The van der Waals surface area contributed by atoms with Crippen molar-refractivity contribution in [3.8, 4) is 23.1 Å². The first-order valence-corrected chi connectivity index (χ1v) is 9.69.